The molecule has 0 aliphatic heterocycles. The van der Waals surface area contributed by atoms with Crippen LogP contribution in [0, 0.1) is 0 Å². The lowest BCUT2D eigenvalue weighted by Crippen LogP contribution is -2.46. The van der Waals surface area contributed by atoms with Gasteiger partial charge in [-0.3, -0.25) is 4.79 Å². The first-order chi connectivity index (χ1) is 6.43. The highest BCUT2D eigenvalue weighted by molar-refractivity contribution is 5.77. The van der Waals surface area contributed by atoms with E-state index in [-0.39, 0.29) is 11.4 Å². The van der Waals surface area contributed by atoms with Gasteiger partial charge >= 0.3 is 0 Å². The Balaban J connectivity index is 4.33. The maximum atomic E-state index is 11.8. The molecule has 0 atom stereocenters. The predicted octanol–water partition coefficient (Wildman–Crippen LogP) is 1.41. The molecule has 0 aromatic rings. The Morgan fingerprint density at radius 3 is 2.43 bits per heavy atom. The molecular weight excluding hydrogens is 176 g/mol. The summed E-state index contributed by atoms with van der Waals surface area (Å²) in [5.74, 6) is 0.173. The van der Waals surface area contributed by atoms with E-state index in [0.717, 1.165) is 6.54 Å². The molecule has 0 fully saturated rings. The highest BCUT2D eigenvalue weighted by atomic mass is 16.2. The summed E-state index contributed by atoms with van der Waals surface area (Å²) in [5.41, 5.74) is -0.126. The highest BCUT2D eigenvalue weighted by Gasteiger charge is 2.24. The van der Waals surface area contributed by atoms with Gasteiger partial charge in [-0.25, -0.2) is 0 Å². The number of carbonyl (C=O) groups excluding carboxylic acids is 1. The van der Waals surface area contributed by atoms with Crippen LogP contribution in [-0.4, -0.2) is 36.5 Å². The van der Waals surface area contributed by atoms with Gasteiger partial charge in [0, 0.05) is 25.0 Å². The van der Waals surface area contributed by atoms with E-state index in [2.05, 4.69) is 11.9 Å². The normalized spacial score (nSPS) is 11.1. The predicted molar refractivity (Wildman–Crippen MR) is 60.2 cm³/mol. The Kier molecular flexibility index (Phi) is 5.46. The molecule has 1 amide bonds. The second kappa shape index (κ2) is 5.81. The molecule has 0 aromatic carbocycles. The molecule has 0 bridgehead atoms. The van der Waals surface area contributed by atoms with Gasteiger partial charge in [0.25, 0.3) is 0 Å². The Hall–Kier alpha value is -0.830. The summed E-state index contributed by atoms with van der Waals surface area (Å²) in [5, 5.41) is 2.97. The summed E-state index contributed by atoms with van der Waals surface area (Å²) in [6.45, 7) is 11.1. The van der Waals surface area contributed by atoms with Gasteiger partial charge in [0.2, 0.25) is 5.91 Å². The molecule has 0 unspecified atom stereocenters. The van der Waals surface area contributed by atoms with Gasteiger partial charge in [-0.1, -0.05) is 6.08 Å². The summed E-state index contributed by atoms with van der Waals surface area (Å²) >= 11 is 0. The van der Waals surface area contributed by atoms with E-state index < -0.39 is 0 Å². The van der Waals surface area contributed by atoms with Crippen molar-refractivity contribution >= 4 is 5.91 Å². The maximum absolute atomic E-state index is 11.8. The summed E-state index contributed by atoms with van der Waals surface area (Å²) in [6.07, 6.45) is 2.31. The van der Waals surface area contributed by atoms with E-state index in [1.807, 2.05) is 32.7 Å². The van der Waals surface area contributed by atoms with Crippen LogP contribution in [-0.2, 0) is 4.79 Å². The number of nitrogens with one attached hydrogen (secondary N) is 1. The lowest BCUT2D eigenvalue weighted by atomic mass is 10.1. The number of amides is 1. The average molecular weight is 198 g/mol. The first-order valence-corrected chi connectivity index (χ1v) is 4.99. The minimum absolute atomic E-state index is 0.126. The first kappa shape index (κ1) is 13.2. The van der Waals surface area contributed by atoms with Crippen molar-refractivity contribution in [2.75, 3.05) is 20.1 Å². The fourth-order valence-electron chi connectivity index (χ4n) is 1.25. The third-order valence-electron chi connectivity index (χ3n) is 2.01. The van der Waals surface area contributed by atoms with Gasteiger partial charge in [0.1, 0.15) is 0 Å². The third-order valence-corrected chi connectivity index (χ3v) is 2.01. The van der Waals surface area contributed by atoms with Gasteiger partial charge in [0.15, 0.2) is 0 Å². The van der Waals surface area contributed by atoms with Gasteiger partial charge in [-0.05, 0) is 27.8 Å². The zero-order chi connectivity index (χ0) is 11.2. The zero-order valence-corrected chi connectivity index (χ0v) is 9.76. The van der Waals surface area contributed by atoms with Crippen LogP contribution >= 0.6 is 0 Å². The summed E-state index contributed by atoms with van der Waals surface area (Å²) in [7, 11) is 1.85. The fraction of sp³-hybridized carbons (Fsp3) is 0.727. The van der Waals surface area contributed by atoms with Crippen LogP contribution in [0.3, 0.4) is 0 Å². The summed E-state index contributed by atoms with van der Waals surface area (Å²) in [6, 6.07) is 0. The van der Waals surface area contributed by atoms with Gasteiger partial charge in [-0.2, -0.15) is 0 Å². The lowest BCUT2D eigenvalue weighted by molar-refractivity contribution is -0.135. The van der Waals surface area contributed by atoms with Crippen molar-refractivity contribution in [2.45, 2.75) is 32.7 Å². The number of rotatable bonds is 5. The van der Waals surface area contributed by atoms with E-state index in [9.17, 15) is 4.79 Å². The van der Waals surface area contributed by atoms with Gasteiger partial charge in [0.05, 0.1) is 0 Å². The Labute approximate surface area is 87.2 Å². The molecular formula is C11H22N2O. The van der Waals surface area contributed by atoms with Crippen LogP contribution < -0.4 is 5.32 Å². The quantitative estimate of drug-likeness (QED) is 0.677. The van der Waals surface area contributed by atoms with Crippen LogP contribution in [0.2, 0.25) is 0 Å². The van der Waals surface area contributed by atoms with Crippen molar-refractivity contribution in [3.63, 3.8) is 0 Å². The number of nitrogens with zero attached hydrogens (tertiary/aromatic N) is 1. The highest BCUT2D eigenvalue weighted by Crippen LogP contribution is 2.14. The number of hydrogen-bond donors (Lipinski definition) is 1. The smallest absolute Gasteiger partial charge is 0.224 e. The molecule has 0 spiro atoms. The second-order valence-electron chi connectivity index (χ2n) is 4.32. The molecule has 3 heteroatoms. The third kappa shape index (κ3) is 4.42. The topological polar surface area (TPSA) is 32.3 Å². The van der Waals surface area contributed by atoms with Crippen molar-refractivity contribution in [3.05, 3.63) is 12.7 Å². The van der Waals surface area contributed by atoms with E-state index in [4.69, 9.17) is 0 Å². The van der Waals surface area contributed by atoms with Crippen molar-refractivity contribution < 1.29 is 4.79 Å². The van der Waals surface area contributed by atoms with Gasteiger partial charge < -0.3 is 10.2 Å². The molecule has 3 nitrogen and oxygen atoms in total. The van der Waals surface area contributed by atoms with Crippen LogP contribution in [0.25, 0.3) is 0 Å². The van der Waals surface area contributed by atoms with Gasteiger partial charge in [-0.15, -0.1) is 6.58 Å². The Bertz CT molecular complexity index is 194. The summed E-state index contributed by atoms with van der Waals surface area (Å²) in [4.78, 5) is 13.6. The monoisotopic (exact) mass is 198 g/mol. The lowest BCUT2D eigenvalue weighted by Gasteiger charge is -2.35. The van der Waals surface area contributed by atoms with Crippen LogP contribution in [0.5, 0.6) is 0 Å². The molecule has 0 aliphatic rings. The minimum Gasteiger partial charge on any atom is -0.334 e. The minimum atomic E-state index is -0.126. The van der Waals surface area contributed by atoms with Crippen LogP contribution in [0.4, 0.5) is 0 Å². The van der Waals surface area contributed by atoms with E-state index in [1.165, 1.54) is 0 Å². The SMILES string of the molecule is C=CCN(C(=O)CCNC)C(C)(C)C. The average Bonchev–Trinajstić information content (AvgIpc) is 2.08. The molecule has 0 aliphatic carbocycles. The van der Waals surface area contributed by atoms with Crippen molar-refractivity contribution in [3.8, 4) is 0 Å². The number of carbonyl (C=O) groups is 1. The van der Waals surface area contributed by atoms with E-state index in [0.29, 0.717) is 13.0 Å². The molecule has 0 saturated heterocycles. The standard InChI is InChI=1S/C11H22N2O/c1-6-9-13(11(2,3)4)10(14)7-8-12-5/h6,12H,1,7-9H2,2-5H3. The molecule has 0 radical (unpaired) electrons. The first-order valence-electron chi connectivity index (χ1n) is 4.99. The molecule has 82 valence electrons. The van der Waals surface area contributed by atoms with Crippen molar-refractivity contribution in [1.82, 2.24) is 10.2 Å². The fourth-order valence-corrected chi connectivity index (χ4v) is 1.25. The molecule has 14 heavy (non-hydrogen) atoms. The maximum Gasteiger partial charge on any atom is 0.224 e. The molecule has 1 N–H and O–H groups in total. The second-order valence-corrected chi connectivity index (χ2v) is 4.32. The van der Waals surface area contributed by atoms with Crippen LogP contribution in [0.15, 0.2) is 12.7 Å². The van der Waals surface area contributed by atoms with Crippen molar-refractivity contribution in [2.24, 2.45) is 0 Å². The zero-order valence-electron chi connectivity index (χ0n) is 9.76. The molecule has 0 heterocycles. The largest absolute Gasteiger partial charge is 0.334 e. The molecule has 0 rings (SSSR count). The van der Waals surface area contributed by atoms with Crippen molar-refractivity contribution in [1.29, 1.82) is 0 Å². The Morgan fingerprint density at radius 2 is 2.07 bits per heavy atom. The van der Waals surface area contributed by atoms with E-state index >= 15 is 0 Å². The molecule has 0 aromatic heterocycles. The Morgan fingerprint density at radius 1 is 1.50 bits per heavy atom. The molecule has 0 saturated carbocycles. The van der Waals surface area contributed by atoms with E-state index in [1.54, 1.807) is 6.08 Å². The number of hydrogen-bond acceptors (Lipinski definition) is 2. The van der Waals surface area contributed by atoms with Crippen LogP contribution in [0.1, 0.15) is 27.2 Å². The summed E-state index contributed by atoms with van der Waals surface area (Å²) < 4.78 is 0.